The molecule has 0 unspecified atom stereocenters. The van der Waals surface area contributed by atoms with E-state index in [1.807, 2.05) is 0 Å². The van der Waals surface area contributed by atoms with Gasteiger partial charge in [0.25, 0.3) is 5.91 Å². The van der Waals surface area contributed by atoms with Crippen LogP contribution in [0.1, 0.15) is 23.7 Å². The van der Waals surface area contributed by atoms with Crippen molar-refractivity contribution in [2.45, 2.75) is 13.3 Å². The van der Waals surface area contributed by atoms with E-state index in [4.69, 9.17) is 0 Å². The van der Waals surface area contributed by atoms with Gasteiger partial charge in [-0.3, -0.25) is 9.59 Å². The molecule has 0 spiro atoms. The van der Waals surface area contributed by atoms with Crippen LogP contribution in [0.5, 0.6) is 0 Å². The largest absolute Gasteiger partial charge is 0.469 e. The van der Waals surface area contributed by atoms with E-state index in [9.17, 15) is 18.4 Å². The zero-order valence-corrected chi connectivity index (χ0v) is 10.8. The fourth-order valence-electron chi connectivity index (χ4n) is 1.56. The number of hydrogen-bond donors (Lipinski definition) is 0. The lowest BCUT2D eigenvalue weighted by Crippen LogP contribution is -2.33. The number of amides is 1. The molecule has 1 aromatic carbocycles. The summed E-state index contributed by atoms with van der Waals surface area (Å²) in [4.78, 5) is 24.3. The molecule has 0 aliphatic carbocycles. The molecule has 19 heavy (non-hydrogen) atoms. The first kappa shape index (κ1) is 15.1. The van der Waals surface area contributed by atoms with Gasteiger partial charge in [0, 0.05) is 19.2 Å². The van der Waals surface area contributed by atoms with Gasteiger partial charge in [0.1, 0.15) is 11.6 Å². The van der Waals surface area contributed by atoms with Gasteiger partial charge in [0.2, 0.25) is 0 Å². The molecule has 1 rings (SSSR count). The Morgan fingerprint density at radius 2 is 2.00 bits per heavy atom. The molecule has 0 aliphatic heterocycles. The van der Waals surface area contributed by atoms with Crippen LogP contribution >= 0.6 is 0 Å². The van der Waals surface area contributed by atoms with Crippen LogP contribution in [0.15, 0.2) is 18.2 Å². The van der Waals surface area contributed by atoms with Crippen LogP contribution in [0.3, 0.4) is 0 Å². The Hall–Kier alpha value is -1.98. The van der Waals surface area contributed by atoms with Crippen LogP contribution < -0.4 is 0 Å². The van der Waals surface area contributed by atoms with Crippen LogP contribution in [0, 0.1) is 11.6 Å². The van der Waals surface area contributed by atoms with Crippen molar-refractivity contribution >= 4 is 11.9 Å². The minimum atomic E-state index is -0.915. The van der Waals surface area contributed by atoms with E-state index < -0.39 is 23.5 Å². The summed E-state index contributed by atoms with van der Waals surface area (Å²) in [6.45, 7) is 2.14. The van der Waals surface area contributed by atoms with E-state index in [0.717, 1.165) is 12.1 Å². The van der Waals surface area contributed by atoms with Gasteiger partial charge in [-0.1, -0.05) is 0 Å². The molecular weight excluding hydrogens is 256 g/mol. The number of esters is 1. The smallest absolute Gasteiger partial charge is 0.307 e. The second kappa shape index (κ2) is 6.82. The molecule has 0 fully saturated rings. The van der Waals surface area contributed by atoms with Crippen molar-refractivity contribution in [3.8, 4) is 0 Å². The minimum Gasteiger partial charge on any atom is -0.469 e. The summed E-state index contributed by atoms with van der Waals surface area (Å²) < 4.78 is 30.7. The van der Waals surface area contributed by atoms with Gasteiger partial charge in [0.05, 0.1) is 19.1 Å². The molecule has 4 nitrogen and oxygen atoms in total. The quantitative estimate of drug-likeness (QED) is 0.769. The Morgan fingerprint density at radius 3 is 2.53 bits per heavy atom. The second-order valence-corrected chi connectivity index (χ2v) is 3.84. The third-order valence-electron chi connectivity index (χ3n) is 2.64. The Bertz CT molecular complexity index is 477. The molecule has 0 saturated heterocycles. The summed E-state index contributed by atoms with van der Waals surface area (Å²) in [6.07, 6.45) is 0.0267. The Kier molecular flexibility index (Phi) is 5.41. The van der Waals surface area contributed by atoms with Crippen LogP contribution in [0.2, 0.25) is 0 Å². The molecule has 0 saturated carbocycles. The molecule has 1 aromatic rings. The van der Waals surface area contributed by atoms with Crippen molar-refractivity contribution in [1.29, 1.82) is 0 Å². The molecular formula is C13H15F2NO3. The summed E-state index contributed by atoms with van der Waals surface area (Å²) in [7, 11) is 1.25. The number of hydrogen-bond acceptors (Lipinski definition) is 3. The maximum atomic E-state index is 13.5. The highest BCUT2D eigenvalue weighted by Crippen LogP contribution is 2.12. The fraction of sp³-hybridized carbons (Fsp3) is 0.385. The van der Waals surface area contributed by atoms with Gasteiger partial charge in [-0.15, -0.1) is 0 Å². The molecule has 0 heterocycles. The van der Waals surface area contributed by atoms with Crippen molar-refractivity contribution in [3.63, 3.8) is 0 Å². The Morgan fingerprint density at radius 1 is 1.32 bits per heavy atom. The lowest BCUT2D eigenvalue weighted by Gasteiger charge is -2.20. The number of benzene rings is 1. The first-order valence-electron chi connectivity index (χ1n) is 5.80. The topological polar surface area (TPSA) is 46.6 Å². The maximum Gasteiger partial charge on any atom is 0.307 e. The van der Waals surface area contributed by atoms with Gasteiger partial charge < -0.3 is 9.64 Å². The van der Waals surface area contributed by atoms with Gasteiger partial charge in [0.15, 0.2) is 0 Å². The van der Waals surface area contributed by atoms with E-state index in [2.05, 4.69) is 4.74 Å². The summed E-state index contributed by atoms with van der Waals surface area (Å²) >= 11 is 0. The van der Waals surface area contributed by atoms with Crippen LogP contribution in [-0.4, -0.2) is 37.0 Å². The van der Waals surface area contributed by atoms with E-state index in [1.165, 1.54) is 12.0 Å². The monoisotopic (exact) mass is 271 g/mol. The highest BCUT2D eigenvalue weighted by Gasteiger charge is 2.19. The van der Waals surface area contributed by atoms with Gasteiger partial charge >= 0.3 is 5.97 Å². The normalized spacial score (nSPS) is 10.1. The predicted octanol–water partition coefficient (Wildman–Crippen LogP) is 1.99. The van der Waals surface area contributed by atoms with E-state index >= 15 is 0 Å². The number of carbonyl (C=O) groups is 2. The summed E-state index contributed by atoms with van der Waals surface area (Å²) in [6, 6.07) is 2.76. The summed E-state index contributed by atoms with van der Waals surface area (Å²) in [5.41, 5.74) is -0.215. The predicted molar refractivity (Wildman–Crippen MR) is 64.6 cm³/mol. The molecule has 104 valence electrons. The van der Waals surface area contributed by atoms with Crippen molar-refractivity contribution in [1.82, 2.24) is 4.90 Å². The van der Waals surface area contributed by atoms with Gasteiger partial charge in [-0.2, -0.15) is 0 Å². The standard InChI is InChI=1S/C13H15F2NO3/c1-3-16(7-6-12(17)19-2)13(18)10-5-4-9(14)8-11(10)15/h4-5,8H,3,6-7H2,1-2H3. The average molecular weight is 271 g/mol. The van der Waals surface area contributed by atoms with Crippen LogP contribution in [-0.2, 0) is 9.53 Å². The number of nitrogens with zero attached hydrogens (tertiary/aromatic N) is 1. The minimum absolute atomic E-state index is 0.0267. The molecule has 0 bridgehead atoms. The second-order valence-electron chi connectivity index (χ2n) is 3.84. The molecule has 6 heteroatoms. The van der Waals surface area contributed by atoms with Crippen molar-refractivity contribution in [3.05, 3.63) is 35.4 Å². The third kappa shape index (κ3) is 4.01. The number of halogens is 2. The SMILES string of the molecule is CCN(CCC(=O)OC)C(=O)c1ccc(F)cc1F. The third-order valence-corrected chi connectivity index (χ3v) is 2.64. The summed E-state index contributed by atoms with van der Waals surface area (Å²) in [5.74, 6) is -2.69. The zero-order valence-electron chi connectivity index (χ0n) is 10.8. The first-order valence-corrected chi connectivity index (χ1v) is 5.80. The molecule has 0 aliphatic rings. The molecule has 1 amide bonds. The highest BCUT2D eigenvalue weighted by molar-refractivity contribution is 5.94. The lowest BCUT2D eigenvalue weighted by atomic mass is 10.1. The average Bonchev–Trinajstić information content (AvgIpc) is 2.38. The van der Waals surface area contributed by atoms with Crippen LogP contribution in [0.25, 0.3) is 0 Å². The van der Waals surface area contributed by atoms with Crippen molar-refractivity contribution in [2.75, 3.05) is 20.2 Å². The van der Waals surface area contributed by atoms with Gasteiger partial charge in [-0.05, 0) is 19.1 Å². The van der Waals surface area contributed by atoms with Crippen LogP contribution in [0.4, 0.5) is 8.78 Å². The number of ether oxygens (including phenoxy) is 1. The number of methoxy groups -OCH3 is 1. The lowest BCUT2D eigenvalue weighted by molar-refractivity contribution is -0.140. The molecule has 0 atom stereocenters. The highest BCUT2D eigenvalue weighted by atomic mass is 19.1. The first-order chi connectivity index (χ1) is 8.99. The Balaban J connectivity index is 2.80. The molecule has 0 aromatic heterocycles. The van der Waals surface area contributed by atoms with Crippen molar-refractivity contribution in [2.24, 2.45) is 0 Å². The molecule has 0 radical (unpaired) electrons. The van der Waals surface area contributed by atoms with Gasteiger partial charge in [-0.25, -0.2) is 8.78 Å². The maximum absolute atomic E-state index is 13.5. The van der Waals surface area contributed by atoms with Crippen molar-refractivity contribution < 1.29 is 23.1 Å². The van der Waals surface area contributed by atoms with E-state index in [1.54, 1.807) is 6.92 Å². The zero-order chi connectivity index (χ0) is 14.4. The van der Waals surface area contributed by atoms with E-state index in [0.29, 0.717) is 12.6 Å². The van der Waals surface area contributed by atoms with E-state index in [-0.39, 0.29) is 18.5 Å². The number of rotatable bonds is 5. The fourth-order valence-corrected chi connectivity index (χ4v) is 1.56. The number of carbonyl (C=O) groups excluding carboxylic acids is 2. The Labute approximate surface area is 110 Å². The summed E-state index contributed by atoms with van der Waals surface area (Å²) in [5, 5.41) is 0. The molecule has 0 N–H and O–H groups in total.